The molecule has 0 amide bonds. The minimum absolute atomic E-state index is 0.206. The molecule has 0 spiro atoms. The summed E-state index contributed by atoms with van der Waals surface area (Å²) >= 11 is 5.87. The largest absolute Gasteiger partial charge is 0.309 e. The Morgan fingerprint density at radius 2 is 1.67 bits per heavy atom. The number of hydrogen-bond donors (Lipinski definition) is 0. The van der Waals surface area contributed by atoms with Gasteiger partial charge < -0.3 is 4.90 Å². The quantitative estimate of drug-likeness (QED) is 0.767. The van der Waals surface area contributed by atoms with Crippen LogP contribution in [0.15, 0.2) is 29.2 Å². The van der Waals surface area contributed by atoms with Crippen molar-refractivity contribution in [1.82, 2.24) is 14.1 Å². The van der Waals surface area contributed by atoms with E-state index in [4.69, 9.17) is 11.6 Å². The molecule has 1 aliphatic heterocycles. The molecule has 0 aromatic heterocycles. The van der Waals surface area contributed by atoms with Crippen LogP contribution in [0.1, 0.15) is 20.3 Å². The van der Waals surface area contributed by atoms with E-state index in [1.807, 2.05) is 0 Å². The molecule has 7 heteroatoms. The highest BCUT2D eigenvalue weighted by Crippen LogP contribution is 2.24. The highest BCUT2D eigenvalue weighted by atomic mass is 35.5. The molecule has 1 aliphatic rings. The van der Waals surface area contributed by atoms with E-state index >= 15 is 0 Å². The number of hydrogen-bond acceptors (Lipinski definition) is 4. The van der Waals surface area contributed by atoms with Crippen LogP contribution in [0, 0.1) is 0 Å². The van der Waals surface area contributed by atoms with Crippen molar-refractivity contribution in [2.24, 2.45) is 0 Å². The lowest BCUT2D eigenvalue weighted by molar-refractivity contribution is 0.0740. The fourth-order valence-electron chi connectivity index (χ4n) is 3.27. The molecule has 0 radical (unpaired) electrons. The Labute approximate surface area is 151 Å². The van der Waals surface area contributed by atoms with Crippen LogP contribution >= 0.6 is 11.6 Å². The van der Waals surface area contributed by atoms with Gasteiger partial charge in [-0.2, -0.15) is 4.31 Å². The van der Waals surface area contributed by atoms with E-state index in [1.54, 1.807) is 28.6 Å². The number of nitrogens with zero attached hydrogens (tertiary/aromatic N) is 3. The van der Waals surface area contributed by atoms with Crippen molar-refractivity contribution in [3.05, 3.63) is 29.3 Å². The second-order valence-corrected chi connectivity index (χ2v) is 9.24. The Balaban J connectivity index is 2.06. The van der Waals surface area contributed by atoms with Crippen molar-refractivity contribution in [1.29, 1.82) is 0 Å². The van der Waals surface area contributed by atoms with Crippen LogP contribution < -0.4 is 0 Å². The van der Waals surface area contributed by atoms with E-state index in [1.165, 1.54) is 0 Å². The molecule has 1 saturated heterocycles. The molecule has 0 saturated carbocycles. The third kappa shape index (κ3) is 4.70. The lowest BCUT2D eigenvalue weighted by Crippen LogP contribution is -2.58. The summed E-state index contributed by atoms with van der Waals surface area (Å²) in [5.74, 6) is 0. The normalized spacial score (nSPS) is 23.8. The van der Waals surface area contributed by atoms with Gasteiger partial charge in [-0.1, -0.05) is 11.6 Å². The zero-order valence-corrected chi connectivity index (χ0v) is 16.5. The van der Waals surface area contributed by atoms with Gasteiger partial charge in [-0.05, 0) is 65.2 Å². The van der Waals surface area contributed by atoms with Gasteiger partial charge in [0.15, 0.2) is 0 Å². The van der Waals surface area contributed by atoms with Crippen molar-refractivity contribution in [2.45, 2.75) is 37.2 Å². The molecule has 1 aromatic carbocycles. The number of sulfonamides is 1. The van der Waals surface area contributed by atoms with Crippen LogP contribution in [0.2, 0.25) is 5.02 Å². The summed E-state index contributed by atoms with van der Waals surface area (Å²) in [6.45, 7) is 7.30. The van der Waals surface area contributed by atoms with Crippen LogP contribution in [-0.4, -0.2) is 74.9 Å². The molecule has 0 N–H and O–H groups in total. The van der Waals surface area contributed by atoms with E-state index in [-0.39, 0.29) is 12.1 Å². The Hall–Kier alpha value is -0.660. The highest BCUT2D eigenvalue weighted by molar-refractivity contribution is 7.89. The summed E-state index contributed by atoms with van der Waals surface area (Å²) in [6.07, 6.45) is 1.09. The average molecular weight is 374 g/mol. The topological polar surface area (TPSA) is 43.9 Å². The molecular weight excluding hydrogens is 346 g/mol. The fraction of sp³-hybridized carbons (Fsp3) is 0.647. The molecule has 24 heavy (non-hydrogen) atoms. The van der Waals surface area contributed by atoms with Crippen LogP contribution in [0.4, 0.5) is 0 Å². The molecule has 2 rings (SSSR count). The lowest BCUT2D eigenvalue weighted by Gasteiger charge is -2.44. The second-order valence-electron chi connectivity index (χ2n) is 6.87. The molecule has 2 atom stereocenters. The summed E-state index contributed by atoms with van der Waals surface area (Å²) in [7, 11) is 0.684. The average Bonchev–Trinajstić information content (AvgIpc) is 2.50. The Kier molecular flexibility index (Phi) is 6.67. The molecular formula is C17H28ClN3O2S. The summed E-state index contributed by atoms with van der Waals surface area (Å²) in [5.41, 5.74) is 0. The summed E-state index contributed by atoms with van der Waals surface area (Å²) in [5, 5.41) is 0.543. The number of rotatable bonds is 6. The van der Waals surface area contributed by atoms with Crippen LogP contribution in [0.5, 0.6) is 0 Å². The van der Waals surface area contributed by atoms with Crippen molar-refractivity contribution in [2.75, 3.05) is 40.3 Å². The zero-order valence-electron chi connectivity index (χ0n) is 14.9. The molecule has 1 heterocycles. The Bertz CT molecular complexity index is 622. The predicted molar refractivity (Wildman–Crippen MR) is 99.0 cm³/mol. The fourth-order valence-corrected chi connectivity index (χ4v) is 5.00. The van der Waals surface area contributed by atoms with Gasteiger partial charge >= 0.3 is 0 Å². The van der Waals surface area contributed by atoms with E-state index in [0.717, 1.165) is 19.5 Å². The maximum atomic E-state index is 12.9. The van der Waals surface area contributed by atoms with Crippen molar-refractivity contribution in [3.63, 3.8) is 0 Å². The standard InChI is InChI=1S/C17H28ClN3O2S/c1-14-12-20(13-15(2)21(14)11-5-10-19(3)4)24(22,23)17-8-6-16(18)7-9-17/h6-9,14-15H,5,10-13H2,1-4H3. The predicted octanol–water partition coefficient (Wildman–Crippen LogP) is 2.38. The molecule has 0 bridgehead atoms. The first-order valence-corrected chi connectivity index (χ1v) is 10.2. The second kappa shape index (κ2) is 8.15. The Morgan fingerprint density at radius 1 is 1.12 bits per heavy atom. The Morgan fingerprint density at radius 3 is 2.17 bits per heavy atom. The van der Waals surface area contributed by atoms with Gasteiger partial charge in [0.1, 0.15) is 0 Å². The number of piperazine rings is 1. The highest BCUT2D eigenvalue weighted by Gasteiger charge is 2.35. The van der Waals surface area contributed by atoms with E-state index in [9.17, 15) is 8.42 Å². The summed E-state index contributed by atoms with van der Waals surface area (Å²) in [6, 6.07) is 6.82. The minimum atomic E-state index is -3.46. The monoisotopic (exact) mass is 373 g/mol. The van der Waals surface area contributed by atoms with Crippen molar-refractivity contribution in [3.8, 4) is 0 Å². The minimum Gasteiger partial charge on any atom is -0.309 e. The first kappa shape index (κ1) is 19.7. The van der Waals surface area contributed by atoms with Gasteiger partial charge in [-0.25, -0.2) is 8.42 Å². The molecule has 1 fully saturated rings. The molecule has 2 unspecified atom stereocenters. The van der Waals surface area contributed by atoms with Crippen molar-refractivity contribution < 1.29 is 8.42 Å². The maximum Gasteiger partial charge on any atom is 0.243 e. The number of benzene rings is 1. The van der Waals surface area contributed by atoms with Gasteiger partial charge in [-0.3, -0.25) is 4.90 Å². The third-order valence-electron chi connectivity index (χ3n) is 4.54. The third-order valence-corrected chi connectivity index (χ3v) is 6.64. The van der Waals surface area contributed by atoms with E-state index in [0.29, 0.717) is 23.0 Å². The SMILES string of the molecule is CC1CN(S(=O)(=O)c2ccc(Cl)cc2)CC(C)N1CCCN(C)C. The zero-order chi connectivity index (χ0) is 17.9. The molecule has 0 aliphatic carbocycles. The number of halogens is 1. The van der Waals surface area contributed by atoms with Crippen molar-refractivity contribution >= 4 is 21.6 Å². The van der Waals surface area contributed by atoms with Gasteiger partial charge in [0.25, 0.3) is 0 Å². The maximum absolute atomic E-state index is 12.9. The van der Waals surface area contributed by atoms with Crippen LogP contribution in [0.3, 0.4) is 0 Å². The first-order valence-electron chi connectivity index (χ1n) is 8.38. The lowest BCUT2D eigenvalue weighted by atomic mass is 10.1. The smallest absolute Gasteiger partial charge is 0.243 e. The van der Waals surface area contributed by atoms with Gasteiger partial charge in [0.2, 0.25) is 10.0 Å². The van der Waals surface area contributed by atoms with Gasteiger partial charge in [0.05, 0.1) is 4.90 Å². The summed E-state index contributed by atoms with van der Waals surface area (Å²) < 4.78 is 27.3. The summed E-state index contributed by atoms with van der Waals surface area (Å²) in [4.78, 5) is 4.90. The van der Waals surface area contributed by atoms with Crippen LogP contribution in [0.25, 0.3) is 0 Å². The first-order chi connectivity index (χ1) is 11.2. The van der Waals surface area contributed by atoms with Gasteiger partial charge in [-0.15, -0.1) is 0 Å². The molecule has 1 aromatic rings. The van der Waals surface area contributed by atoms with Crippen LogP contribution in [-0.2, 0) is 10.0 Å². The molecule has 136 valence electrons. The van der Waals surface area contributed by atoms with E-state index < -0.39 is 10.0 Å². The van der Waals surface area contributed by atoms with E-state index in [2.05, 4.69) is 37.7 Å². The van der Waals surface area contributed by atoms with Gasteiger partial charge in [0, 0.05) is 36.7 Å². The molecule has 5 nitrogen and oxygen atoms in total.